The zero-order valence-electron chi connectivity index (χ0n) is 16.3. The number of anilines is 2. The van der Waals surface area contributed by atoms with Crippen LogP contribution < -0.4 is 10.6 Å². The predicted octanol–water partition coefficient (Wildman–Crippen LogP) is 4.35. The number of halogens is 2. The average Bonchev–Trinajstić information content (AvgIpc) is 2.66. The number of hydrogen-bond acceptors (Lipinski definition) is 5. The number of carbonyl (C=O) groups excluding carboxylic acids is 1. The minimum atomic E-state index is -1.46. The third-order valence-electron chi connectivity index (χ3n) is 4.80. The normalized spacial score (nSPS) is 19.8. The first kappa shape index (κ1) is 22.3. The molecule has 0 radical (unpaired) electrons. The number of nitro benzene ring substituents is 1. The van der Waals surface area contributed by atoms with E-state index in [-0.39, 0.29) is 34.7 Å². The number of guanidine groups is 1. The van der Waals surface area contributed by atoms with Gasteiger partial charge < -0.3 is 15.7 Å². The van der Waals surface area contributed by atoms with E-state index in [4.69, 9.17) is 28.3 Å². The fourth-order valence-electron chi connectivity index (χ4n) is 3.24. The minimum Gasteiger partial charge on any atom is -0.463 e. The summed E-state index contributed by atoms with van der Waals surface area (Å²) in [7, 11) is 1.41. The van der Waals surface area contributed by atoms with Crippen molar-refractivity contribution in [1.82, 2.24) is 10.2 Å². The molecule has 0 unspecified atom stereocenters. The van der Waals surface area contributed by atoms with Crippen LogP contribution >= 0.6 is 23.2 Å². The van der Waals surface area contributed by atoms with Crippen molar-refractivity contribution < 1.29 is 19.6 Å². The number of carbonyl (C=O) groups is 2. The SMILES string of the molecule is CN1C(=O)C[C@@](C)(c2cccc(Nc3cc(Cl)ccc3[N+](=O)[O-])c2Cl)N/C1=N\C(=O)O. The molecule has 31 heavy (non-hydrogen) atoms. The number of aliphatic imine (C=N–C) groups is 1. The van der Waals surface area contributed by atoms with Crippen LogP contribution in [0, 0.1) is 10.1 Å². The van der Waals surface area contributed by atoms with Crippen molar-refractivity contribution in [1.29, 1.82) is 0 Å². The average molecular weight is 466 g/mol. The van der Waals surface area contributed by atoms with Crippen molar-refractivity contribution in [3.63, 3.8) is 0 Å². The summed E-state index contributed by atoms with van der Waals surface area (Å²) in [5.41, 5.74) is -0.311. The third kappa shape index (κ3) is 4.54. The Morgan fingerprint density at radius 3 is 2.68 bits per heavy atom. The number of nitrogens with zero attached hydrogens (tertiary/aromatic N) is 3. The van der Waals surface area contributed by atoms with Crippen LogP contribution in [0.15, 0.2) is 41.4 Å². The van der Waals surface area contributed by atoms with Gasteiger partial charge in [0, 0.05) is 18.1 Å². The van der Waals surface area contributed by atoms with Crippen molar-refractivity contribution >= 4 is 58.2 Å². The fraction of sp³-hybridized carbons (Fsp3) is 0.211. The lowest BCUT2D eigenvalue weighted by Gasteiger charge is -2.40. The number of nitrogens with one attached hydrogen (secondary N) is 2. The Balaban J connectivity index is 2.03. The second kappa shape index (κ2) is 8.40. The van der Waals surface area contributed by atoms with Gasteiger partial charge in [0.2, 0.25) is 11.9 Å². The van der Waals surface area contributed by atoms with Gasteiger partial charge in [-0.2, -0.15) is 0 Å². The van der Waals surface area contributed by atoms with Crippen LogP contribution in [0.5, 0.6) is 0 Å². The molecule has 10 nitrogen and oxygen atoms in total. The van der Waals surface area contributed by atoms with Crippen LogP contribution in [-0.4, -0.2) is 39.9 Å². The van der Waals surface area contributed by atoms with E-state index in [1.807, 2.05) is 0 Å². The van der Waals surface area contributed by atoms with Gasteiger partial charge in [0.1, 0.15) is 5.69 Å². The molecule has 2 amide bonds. The Hall–Kier alpha value is -3.37. The Morgan fingerprint density at radius 2 is 2.03 bits per heavy atom. The molecule has 1 atom stereocenters. The molecule has 1 aliphatic rings. The number of rotatable bonds is 4. The lowest BCUT2D eigenvalue weighted by Crippen LogP contribution is -2.58. The molecule has 12 heteroatoms. The van der Waals surface area contributed by atoms with Crippen molar-refractivity contribution in [2.24, 2.45) is 4.99 Å². The van der Waals surface area contributed by atoms with E-state index in [0.29, 0.717) is 16.3 Å². The molecule has 3 N–H and O–H groups in total. The van der Waals surface area contributed by atoms with Crippen LogP contribution in [0.3, 0.4) is 0 Å². The highest BCUT2D eigenvalue weighted by molar-refractivity contribution is 6.34. The van der Waals surface area contributed by atoms with Crippen LogP contribution in [0.1, 0.15) is 18.9 Å². The van der Waals surface area contributed by atoms with E-state index < -0.39 is 16.6 Å². The highest BCUT2D eigenvalue weighted by atomic mass is 35.5. The number of benzene rings is 2. The molecule has 1 saturated heterocycles. The summed E-state index contributed by atoms with van der Waals surface area (Å²) in [6, 6.07) is 9.02. The molecule has 1 aliphatic heterocycles. The lowest BCUT2D eigenvalue weighted by molar-refractivity contribution is -0.383. The molecule has 162 valence electrons. The van der Waals surface area contributed by atoms with Gasteiger partial charge in [-0.1, -0.05) is 35.3 Å². The molecule has 0 aliphatic carbocycles. The van der Waals surface area contributed by atoms with Crippen LogP contribution in [-0.2, 0) is 10.3 Å². The van der Waals surface area contributed by atoms with Gasteiger partial charge in [0.15, 0.2) is 0 Å². The van der Waals surface area contributed by atoms with Gasteiger partial charge in [-0.15, -0.1) is 4.99 Å². The third-order valence-corrected chi connectivity index (χ3v) is 5.45. The number of amides is 2. The maximum Gasteiger partial charge on any atom is 0.434 e. The minimum absolute atomic E-state index is 0.0252. The summed E-state index contributed by atoms with van der Waals surface area (Å²) >= 11 is 12.6. The van der Waals surface area contributed by atoms with Gasteiger partial charge in [0.05, 0.1) is 27.6 Å². The molecule has 3 rings (SSSR count). The van der Waals surface area contributed by atoms with Crippen molar-refractivity contribution in [3.8, 4) is 0 Å². The van der Waals surface area contributed by atoms with Crippen molar-refractivity contribution in [2.45, 2.75) is 18.9 Å². The smallest absolute Gasteiger partial charge is 0.434 e. The van der Waals surface area contributed by atoms with Gasteiger partial charge >= 0.3 is 6.09 Å². The maximum absolute atomic E-state index is 12.5. The van der Waals surface area contributed by atoms with Gasteiger partial charge in [-0.3, -0.25) is 19.8 Å². The Kier molecular flexibility index (Phi) is 6.05. The highest BCUT2D eigenvalue weighted by Crippen LogP contribution is 2.40. The molecular weight excluding hydrogens is 449 g/mol. The number of hydrogen-bond donors (Lipinski definition) is 3. The van der Waals surface area contributed by atoms with Crippen LogP contribution in [0.2, 0.25) is 10.0 Å². The first-order chi connectivity index (χ1) is 14.5. The first-order valence-corrected chi connectivity index (χ1v) is 9.64. The van der Waals surface area contributed by atoms with E-state index in [1.54, 1.807) is 25.1 Å². The number of carboxylic acid groups (broad SMARTS) is 1. The monoisotopic (exact) mass is 465 g/mol. The zero-order valence-corrected chi connectivity index (χ0v) is 17.9. The number of nitro groups is 1. The first-order valence-electron chi connectivity index (χ1n) is 8.88. The Labute approximate surface area is 186 Å². The van der Waals surface area contributed by atoms with Gasteiger partial charge in [-0.05, 0) is 30.7 Å². The summed E-state index contributed by atoms with van der Waals surface area (Å²) in [6.45, 7) is 1.68. The summed E-state index contributed by atoms with van der Waals surface area (Å²) in [4.78, 5) is 38.9. The summed E-state index contributed by atoms with van der Waals surface area (Å²) < 4.78 is 0. The molecule has 1 heterocycles. The van der Waals surface area contributed by atoms with E-state index in [1.165, 1.54) is 25.2 Å². The zero-order chi connectivity index (χ0) is 22.9. The fourth-order valence-corrected chi connectivity index (χ4v) is 3.79. The van der Waals surface area contributed by atoms with Crippen molar-refractivity contribution in [2.75, 3.05) is 12.4 Å². The van der Waals surface area contributed by atoms with Crippen LogP contribution in [0.4, 0.5) is 21.9 Å². The second-order valence-corrected chi connectivity index (χ2v) is 7.83. The summed E-state index contributed by atoms with van der Waals surface area (Å²) in [5.74, 6) is -0.493. The molecular formula is C19H17Cl2N5O5. The van der Waals surface area contributed by atoms with Gasteiger partial charge in [0.25, 0.3) is 5.69 Å². The quantitative estimate of drug-likeness (QED) is 0.450. The molecule has 2 aromatic rings. The standard InChI is InChI=1S/C19H17Cl2N5O5/c1-19(9-15(27)25(2)17(24-19)23-18(28)29)11-4-3-5-12(16(11)21)22-13-8-10(20)6-7-14(13)26(30)31/h3-8,22H,9H2,1-2H3,(H,23,24)(H,28,29)/t19-/m0/s1. The van der Waals surface area contributed by atoms with E-state index in [9.17, 15) is 19.7 Å². The molecule has 0 saturated carbocycles. The molecule has 1 fully saturated rings. The highest BCUT2D eigenvalue weighted by Gasteiger charge is 2.40. The predicted molar refractivity (Wildman–Crippen MR) is 116 cm³/mol. The Morgan fingerprint density at radius 1 is 1.32 bits per heavy atom. The molecule has 0 bridgehead atoms. The lowest BCUT2D eigenvalue weighted by atomic mass is 9.86. The summed E-state index contributed by atoms with van der Waals surface area (Å²) in [5, 5.41) is 26.7. The molecule has 0 spiro atoms. The molecule has 0 aromatic heterocycles. The topological polar surface area (TPSA) is 137 Å². The molecule has 2 aromatic carbocycles. The van der Waals surface area contributed by atoms with Gasteiger partial charge in [-0.25, -0.2) is 4.79 Å². The Bertz CT molecular complexity index is 1120. The van der Waals surface area contributed by atoms with E-state index in [0.717, 1.165) is 4.90 Å². The van der Waals surface area contributed by atoms with E-state index in [2.05, 4.69) is 15.6 Å². The van der Waals surface area contributed by atoms with E-state index >= 15 is 0 Å². The summed E-state index contributed by atoms with van der Waals surface area (Å²) in [6.07, 6.45) is -1.48. The maximum atomic E-state index is 12.5. The van der Waals surface area contributed by atoms with Crippen molar-refractivity contribution in [3.05, 3.63) is 62.1 Å². The van der Waals surface area contributed by atoms with Crippen LogP contribution in [0.25, 0.3) is 0 Å². The largest absolute Gasteiger partial charge is 0.463 e. The second-order valence-electron chi connectivity index (χ2n) is 7.02.